The molecule has 2 aromatic rings. The molecule has 2 heterocycles. The van der Waals surface area contributed by atoms with Gasteiger partial charge in [-0.1, -0.05) is 0 Å². The van der Waals surface area contributed by atoms with Crippen LogP contribution in [0, 0.1) is 11.6 Å². The average Bonchev–Trinajstić information content (AvgIpc) is 3.38. The van der Waals surface area contributed by atoms with Crippen LogP contribution in [0.3, 0.4) is 0 Å². The highest BCUT2D eigenvalue weighted by molar-refractivity contribution is 5.95. The third-order valence-electron chi connectivity index (χ3n) is 5.16. The first kappa shape index (κ1) is 17.9. The Morgan fingerprint density at radius 3 is 2.67 bits per heavy atom. The van der Waals surface area contributed by atoms with E-state index in [1.807, 2.05) is 0 Å². The molecule has 0 bridgehead atoms. The molecule has 4 rings (SSSR count). The first-order chi connectivity index (χ1) is 12.9. The lowest BCUT2D eigenvalue weighted by Crippen LogP contribution is -2.28. The van der Waals surface area contributed by atoms with Crippen LogP contribution in [0.25, 0.3) is 10.9 Å². The van der Waals surface area contributed by atoms with Gasteiger partial charge in [0.15, 0.2) is 5.82 Å². The summed E-state index contributed by atoms with van der Waals surface area (Å²) >= 11 is 0. The van der Waals surface area contributed by atoms with E-state index in [-0.39, 0.29) is 40.8 Å². The van der Waals surface area contributed by atoms with E-state index in [1.54, 1.807) is 16.4 Å². The van der Waals surface area contributed by atoms with Crippen LogP contribution in [0.4, 0.5) is 14.5 Å². The standard InChI is InChI=1S/C19H21F2N3O3/c1-2-27-19(26)13-9-24(11-3-4-11)16-12(18(13)25)7-14(20)17(15(16)21)23-6-5-10(22)8-23/h7,9-11H,2-6,8,22H2,1H3/t10-/m1/s1. The van der Waals surface area contributed by atoms with Gasteiger partial charge in [-0.3, -0.25) is 4.79 Å². The van der Waals surface area contributed by atoms with Gasteiger partial charge in [0.1, 0.15) is 17.1 Å². The van der Waals surface area contributed by atoms with Crippen molar-refractivity contribution >= 4 is 22.6 Å². The molecule has 0 amide bonds. The largest absolute Gasteiger partial charge is 0.462 e. The zero-order valence-electron chi connectivity index (χ0n) is 15.0. The van der Waals surface area contributed by atoms with Crippen LogP contribution >= 0.6 is 0 Å². The summed E-state index contributed by atoms with van der Waals surface area (Å²) in [6, 6.07) is 0.868. The Labute approximate surface area is 154 Å². The molecule has 1 saturated heterocycles. The molecule has 1 atom stereocenters. The summed E-state index contributed by atoms with van der Waals surface area (Å²) in [5, 5.41) is -0.144. The third kappa shape index (κ3) is 2.97. The van der Waals surface area contributed by atoms with Crippen molar-refractivity contribution in [3.05, 3.63) is 39.7 Å². The number of halogens is 2. The maximum absolute atomic E-state index is 15.4. The molecule has 0 unspecified atom stereocenters. The first-order valence-electron chi connectivity index (χ1n) is 9.16. The number of nitrogens with two attached hydrogens (primary N) is 1. The molecule has 2 fully saturated rings. The monoisotopic (exact) mass is 377 g/mol. The fourth-order valence-corrected chi connectivity index (χ4v) is 3.71. The molecule has 1 aromatic heterocycles. The van der Waals surface area contributed by atoms with Gasteiger partial charge in [-0.15, -0.1) is 0 Å². The molecule has 1 aliphatic carbocycles. The Kier molecular flexibility index (Phi) is 4.38. The number of carbonyl (C=O) groups is 1. The number of ether oxygens (including phenoxy) is 1. The zero-order chi connectivity index (χ0) is 19.3. The Bertz CT molecular complexity index is 985. The van der Waals surface area contributed by atoms with Gasteiger partial charge in [-0.25, -0.2) is 13.6 Å². The molecule has 0 radical (unpaired) electrons. The minimum atomic E-state index is -0.824. The summed E-state index contributed by atoms with van der Waals surface area (Å²) in [6.07, 6.45) is 3.61. The second-order valence-electron chi connectivity index (χ2n) is 7.14. The van der Waals surface area contributed by atoms with E-state index in [2.05, 4.69) is 0 Å². The van der Waals surface area contributed by atoms with E-state index in [0.717, 1.165) is 18.9 Å². The number of fused-ring (bicyclic) bond motifs is 1. The number of nitrogens with zero attached hydrogens (tertiary/aromatic N) is 2. The Morgan fingerprint density at radius 2 is 2.07 bits per heavy atom. The van der Waals surface area contributed by atoms with E-state index >= 15 is 4.39 Å². The minimum Gasteiger partial charge on any atom is -0.462 e. The van der Waals surface area contributed by atoms with Crippen molar-refractivity contribution in [1.82, 2.24) is 4.57 Å². The lowest BCUT2D eigenvalue weighted by atomic mass is 10.1. The topological polar surface area (TPSA) is 77.6 Å². The van der Waals surface area contributed by atoms with Gasteiger partial charge in [0, 0.05) is 31.4 Å². The van der Waals surface area contributed by atoms with Gasteiger partial charge >= 0.3 is 5.97 Å². The summed E-state index contributed by atoms with van der Waals surface area (Å²) in [7, 11) is 0. The van der Waals surface area contributed by atoms with Crippen molar-refractivity contribution in [3.63, 3.8) is 0 Å². The number of hydrogen-bond donors (Lipinski definition) is 1. The molecule has 6 nitrogen and oxygen atoms in total. The van der Waals surface area contributed by atoms with E-state index in [4.69, 9.17) is 10.5 Å². The maximum Gasteiger partial charge on any atom is 0.343 e. The summed E-state index contributed by atoms with van der Waals surface area (Å²) < 4.78 is 36.7. The Morgan fingerprint density at radius 1 is 1.33 bits per heavy atom. The van der Waals surface area contributed by atoms with Crippen molar-refractivity contribution in [2.24, 2.45) is 5.73 Å². The summed E-state index contributed by atoms with van der Waals surface area (Å²) in [4.78, 5) is 26.5. The molecule has 2 aliphatic rings. The number of benzene rings is 1. The molecule has 0 spiro atoms. The van der Waals surface area contributed by atoms with E-state index in [9.17, 15) is 14.0 Å². The first-order valence-corrected chi connectivity index (χ1v) is 9.16. The van der Waals surface area contributed by atoms with Crippen molar-refractivity contribution < 1.29 is 18.3 Å². The van der Waals surface area contributed by atoms with Gasteiger partial charge < -0.3 is 19.9 Å². The summed E-state index contributed by atoms with van der Waals surface area (Å²) in [5.41, 5.74) is 4.83. The van der Waals surface area contributed by atoms with Gasteiger partial charge in [0.25, 0.3) is 0 Å². The molecule has 2 N–H and O–H groups in total. The van der Waals surface area contributed by atoms with Crippen molar-refractivity contribution in [2.75, 3.05) is 24.6 Å². The van der Waals surface area contributed by atoms with Gasteiger partial charge in [-0.05, 0) is 32.3 Å². The van der Waals surface area contributed by atoms with Crippen LogP contribution in [-0.4, -0.2) is 36.3 Å². The molecule has 1 aliphatic heterocycles. The van der Waals surface area contributed by atoms with Gasteiger partial charge in [-0.2, -0.15) is 0 Å². The molecule has 27 heavy (non-hydrogen) atoms. The normalized spacial score (nSPS) is 19.7. The van der Waals surface area contributed by atoms with Gasteiger partial charge in [0.2, 0.25) is 5.43 Å². The fraction of sp³-hybridized carbons (Fsp3) is 0.474. The molecular formula is C19H21F2N3O3. The van der Waals surface area contributed by atoms with E-state index in [1.165, 1.54) is 6.20 Å². The Balaban J connectivity index is 1.97. The van der Waals surface area contributed by atoms with E-state index < -0.39 is 23.0 Å². The predicted octanol–water partition coefficient (Wildman–Crippen LogP) is 2.33. The summed E-state index contributed by atoms with van der Waals surface area (Å²) in [5.74, 6) is -2.39. The maximum atomic E-state index is 15.4. The lowest BCUT2D eigenvalue weighted by molar-refractivity contribution is 0.0524. The van der Waals surface area contributed by atoms with Crippen LogP contribution in [-0.2, 0) is 4.74 Å². The summed E-state index contributed by atoms with van der Waals surface area (Å²) in [6.45, 7) is 2.55. The highest BCUT2D eigenvalue weighted by Crippen LogP contribution is 2.40. The Hall–Kier alpha value is -2.48. The van der Waals surface area contributed by atoms with Crippen LogP contribution < -0.4 is 16.1 Å². The average molecular weight is 377 g/mol. The highest BCUT2D eigenvalue weighted by Gasteiger charge is 2.32. The van der Waals surface area contributed by atoms with Crippen LogP contribution in [0.1, 0.15) is 42.6 Å². The number of aromatic nitrogens is 1. The van der Waals surface area contributed by atoms with Crippen molar-refractivity contribution in [1.29, 1.82) is 0 Å². The number of rotatable bonds is 4. The number of pyridine rings is 1. The number of carbonyl (C=O) groups excluding carboxylic acids is 1. The number of anilines is 1. The SMILES string of the molecule is CCOC(=O)c1cn(C2CC2)c2c(F)c(N3CC[C@@H](N)C3)c(F)cc2c1=O. The second-order valence-corrected chi connectivity index (χ2v) is 7.14. The van der Waals surface area contributed by atoms with Gasteiger partial charge in [0.05, 0.1) is 17.5 Å². The predicted molar refractivity (Wildman–Crippen MR) is 97.2 cm³/mol. The van der Waals surface area contributed by atoms with Crippen LogP contribution in [0.2, 0.25) is 0 Å². The second kappa shape index (κ2) is 6.60. The molecular weight excluding hydrogens is 356 g/mol. The highest BCUT2D eigenvalue weighted by atomic mass is 19.1. The van der Waals surface area contributed by atoms with E-state index in [0.29, 0.717) is 19.5 Å². The minimum absolute atomic E-state index is 0.0186. The molecule has 1 aromatic carbocycles. The smallest absolute Gasteiger partial charge is 0.343 e. The van der Waals surface area contributed by atoms with Crippen molar-refractivity contribution in [2.45, 2.75) is 38.3 Å². The molecule has 1 saturated carbocycles. The fourth-order valence-electron chi connectivity index (χ4n) is 3.71. The lowest BCUT2D eigenvalue weighted by Gasteiger charge is -2.22. The third-order valence-corrected chi connectivity index (χ3v) is 5.16. The number of hydrogen-bond acceptors (Lipinski definition) is 5. The quantitative estimate of drug-likeness (QED) is 0.828. The molecule has 144 valence electrons. The van der Waals surface area contributed by atoms with Crippen LogP contribution in [0.5, 0.6) is 0 Å². The number of esters is 1. The zero-order valence-corrected chi connectivity index (χ0v) is 15.0. The molecule has 8 heteroatoms. The van der Waals surface area contributed by atoms with Crippen molar-refractivity contribution in [3.8, 4) is 0 Å². The van der Waals surface area contributed by atoms with Crippen LogP contribution in [0.15, 0.2) is 17.1 Å².